The molecule has 1 aliphatic heterocycles. The number of aromatic nitrogens is 4. The van der Waals surface area contributed by atoms with E-state index in [0.29, 0.717) is 33.2 Å². The zero-order valence-electron chi connectivity index (χ0n) is 31.2. The number of amides is 1. The summed E-state index contributed by atoms with van der Waals surface area (Å²) in [6, 6.07) is 22.6. The summed E-state index contributed by atoms with van der Waals surface area (Å²) < 4.78 is 16.7. The lowest BCUT2D eigenvalue weighted by Gasteiger charge is -2.18. The van der Waals surface area contributed by atoms with Gasteiger partial charge in [0, 0.05) is 52.4 Å². The number of benzene rings is 3. The van der Waals surface area contributed by atoms with Gasteiger partial charge in [0.25, 0.3) is 0 Å². The number of fused-ring (bicyclic) bond motifs is 3. The van der Waals surface area contributed by atoms with E-state index in [1.807, 2.05) is 60.7 Å². The first kappa shape index (κ1) is 35.8. The smallest absolute Gasteiger partial charge is 0.237 e. The van der Waals surface area contributed by atoms with Crippen LogP contribution in [0.25, 0.3) is 33.5 Å². The second-order valence-electron chi connectivity index (χ2n) is 16.3. The molecule has 0 bridgehead atoms. The van der Waals surface area contributed by atoms with Crippen LogP contribution in [0.2, 0.25) is 51.4 Å². The van der Waals surface area contributed by atoms with E-state index < -0.39 is 21.6 Å². The molecular formula is C40H51N5O3Si2. The van der Waals surface area contributed by atoms with Crippen molar-refractivity contribution < 1.29 is 14.3 Å². The van der Waals surface area contributed by atoms with E-state index >= 15 is 0 Å². The maximum Gasteiger partial charge on any atom is 0.237 e. The number of rotatable bonds is 12. The van der Waals surface area contributed by atoms with E-state index in [0.717, 1.165) is 67.9 Å². The van der Waals surface area contributed by atoms with Crippen LogP contribution in [0.3, 0.4) is 0 Å². The molecule has 262 valence electrons. The molecule has 10 heteroatoms. The van der Waals surface area contributed by atoms with Crippen molar-refractivity contribution in [1.29, 1.82) is 0 Å². The molecule has 1 amide bonds. The second kappa shape index (κ2) is 13.9. The van der Waals surface area contributed by atoms with Gasteiger partial charge in [0.1, 0.15) is 19.2 Å². The predicted molar refractivity (Wildman–Crippen MR) is 210 cm³/mol. The molecule has 8 nitrogen and oxygen atoms in total. The van der Waals surface area contributed by atoms with Crippen molar-refractivity contribution in [3.8, 4) is 23.4 Å². The van der Waals surface area contributed by atoms with Gasteiger partial charge in [-0.1, -0.05) is 69.3 Å². The van der Waals surface area contributed by atoms with Crippen LogP contribution in [-0.4, -0.2) is 61.1 Å². The predicted octanol–water partition coefficient (Wildman–Crippen LogP) is 8.72. The molecule has 0 spiro atoms. The molecule has 2 aromatic heterocycles. The van der Waals surface area contributed by atoms with Crippen molar-refractivity contribution in [2.24, 2.45) is 0 Å². The molecule has 0 N–H and O–H groups in total. The number of hydrogen-bond acceptors (Lipinski definition) is 5. The Hall–Kier alpha value is -4.02. The van der Waals surface area contributed by atoms with Crippen molar-refractivity contribution in [2.45, 2.75) is 91.0 Å². The fourth-order valence-electron chi connectivity index (χ4n) is 6.32. The summed E-state index contributed by atoms with van der Waals surface area (Å²) in [5.74, 6) is 7.49. The van der Waals surface area contributed by atoms with Gasteiger partial charge in [-0.05, 0) is 80.9 Å². The largest absolute Gasteiger partial charge is 0.361 e. The van der Waals surface area contributed by atoms with Crippen molar-refractivity contribution >= 4 is 49.7 Å². The molecule has 6 rings (SSSR count). The number of nitrogens with zero attached hydrogens (tertiary/aromatic N) is 5. The number of carbonyl (C=O) groups excluding carboxylic acids is 1. The highest BCUT2D eigenvalue weighted by Crippen LogP contribution is 2.44. The van der Waals surface area contributed by atoms with Gasteiger partial charge in [-0.3, -0.25) is 9.36 Å². The molecule has 0 aliphatic carbocycles. The maximum atomic E-state index is 13.4. The van der Waals surface area contributed by atoms with Crippen LogP contribution in [0.5, 0.6) is 0 Å². The standard InChI is InChI=1S/C40H51N5O3Si2/c1-10-43-35-26-36-33(25-32(35)40(2,3)39(43)46)41-38(44(36)27-47-20-22-49(4,5)6)37-31-19-18-30(17-16-29-14-12-11-13-15-29)24-34(31)45(42-37)28-48-21-23-50(7,8)9/h11-15,18-19,24-26H,10,20-23,27-28H2,1-9H3. The minimum Gasteiger partial charge on any atom is -0.361 e. The first-order valence-corrected chi connectivity index (χ1v) is 25.2. The van der Waals surface area contributed by atoms with Crippen LogP contribution < -0.4 is 4.90 Å². The summed E-state index contributed by atoms with van der Waals surface area (Å²) in [6.45, 7) is 22.8. The normalized spacial score (nSPS) is 14.4. The highest BCUT2D eigenvalue weighted by Gasteiger charge is 2.44. The van der Waals surface area contributed by atoms with Crippen LogP contribution in [0.1, 0.15) is 37.5 Å². The summed E-state index contributed by atoms with van der Waals surface area (Å²) in [6.07, 6.45) is 0. The third kappa shape index (κ3) is 7.52. The summed E-state index contributed by atoms with van der Waals surface area (Å²) in [5, 5.41) is 6.16. The Morgan fingerprint density at radius 2 is 1.46 bits per heavy atom. The van der Waals surface area contributed by atoms with Gasteiger partial charge in [0.15, 0.2) is 5.82 Å². The van der Waals surface area contributed by atoms with Crippen molar-refractivity contribution in [3.05, 3.63) is 77.4 Å². The second-order valence-corrected chi connectivity index (χ2v) is 27.5. The minimum absolute atomic E-state index is 0.117. The SMILES string of the molecule is CCN1C(=O)C(C)(C)c2cc3nc(-c4nn(COCC[Si](C)(C)C)c5cc(C#Cc6ccccc6)ccc45)n(COCC[Si](C)(C)C)c3cc21. The average Bonchev–Trinajstić information content (AvgIpc) is 3.66. The average molecular weight is 706 g/mol. The lowest BCUT2D eigenvalue weighted by Crippen LogP contribution is -2.35. The Kier molecular flexibility index (Phi) is 9.99. The molecule has 3 heterocycles. The molecule has 5 aromatic rings. The Labute approximate surface area is 298 Å². The number of likely N-dealkylation sites (N-methyl/N-ethyl adjacent to an activating group) is 1. The summed E-state index contributed by atoms with van der Waals surface area (Å²) in [5.41, 5.74) is 6.65. The summed E-state index contributed by atoms with van der Waals surface area (Å²) >= 11 is 0. The lowest BCUT2D eigenvalue weighted by molar-refractivity contribution is -0.122. The van der Waals surface area contributed by atoms with Gasteiger partial charge in [0.05, 0.1) is 27.7 Å². The van der Waals surface area contributed by atoms with Gasteiger partial charge in [-0.25, -0.2) is 9.67 Å². The maximum absolute atomic E-state index is 13.4. The van der Waals surface area contributed by atoms with Gasteiger partial charge < -0.3 is 14.4 Å². The van der Waals surface area contributed by atoms with E-state index in [1.165, 1.54) is 0 Å². The monoisotopic (exact) mass is 705 g/mol. The van der Waals surface area contributed by atoms with Gasteiger partial charge >= 0.3 is 0 Å². The zero-order valence-corrected chi connectivity index (χ0v) is 33.2. The number of anilines is 1. The molecule has 1 aliphatic rings. The molecule has 3 aromatic carbocycles. The van der Waals surface area contributed by atoms with Crippen LogP contribution in [0.15, 0.2) is 60.7 Å². The molecule has 0 unspecified atom stereocenters. The Morgan fingerprint density at radius 3 is 2.12 bits per heavy atom. The quantitative estimate of drug-likeness (QED) is 0.0738. The fourth-order valence-corrected chi connectivity index (χ4v) is 7.83. The van der Waals surface area contributed by atoms with E-state index in [2.05, 4.69) is 86.0 Å². The van der Waals surface area contributed by atoms with E-state index in [4.69, 9.17) is 19.6 Å². The zero-order chi connectivity index (χ0) is 35.8. The Morgan fingerprint density at radius 1 is 0.800 bits per heavy atom. The molecule has 0 atom stereocenters. The number of imidazole rings is 1. The number of hydrogen-bond donors (Lipinski definition) is 0. The first-order chi connectivity index (χ1) is 23.7. The van der Waals surface area contributed by atoms with Crippen molar-refractivity contribution in [1.82, 2.24) is 19.3 Å². The van der Waals surface area contributed by atoms with Gasteiger partial charge in [-0.15, -0.1) is 0 Å². The topological polar surface area (TPSA) is 74.4 Å². The van der Waals surface area contributed by atoms with E-state index in [-0.39, 0.29) is 5.91 Å². The Bertz CT molecular complexity index is 2090. The first-order valence-electron chi connectivity index (χ1n) is 17.8. The highest BCUT2D eigenvalue weighted by atomic mass is 28.3. The van der Waals surface area contributed by atoms with Crippen LogP contribution in [0.4, 0.5) is 5.69 Å². The third-order valence-corrected chi connectivity index (χ3v) is 12.8. The van der Waals surface area contributed by atoms with Crippen molar-refractivity contribution in [3.63, 3.8) is 0 Å². The number of carbonyl (C=O) groups is 1. The highest BCUT2D eigenvalue weighted by molar-refractivity contribution is 6.76. The lowest BCUT2D eigenvalue weighted by atomic mass is 9.86. The number of ether oxygens (including phenoxy) is 2. The van der Waals surface area contributed by atoms with Crippen LogP contribution in [0, 0.1) is 11.8 Å². The van der Waals surface area contributed by atoms with Crippen LogP contribution >= 0.6 is 0 Å². The fraction of sp³-hybridized carbons (Fsp3) is 0.425. The third-order valence-electron chi connectivity index (χ3n) is 9.44. The van der Waals surface area contributed by atoms with E-state index in [9.17, 15) is 4.79 Å². The van der Waals surface area contributed by atoms with Gasteiger partial charge in [-0.2, -0.15) is 5.10 Å². The molecule has 0 saturated heterocycles. The molecule has 0 fully saturated rings. The summed E-state index contributed by atoms with van der Waals surface area (Å²) in [4.78, 5) is 20.5. The van der Waals surface area contributed by atoms with Crippen molar-refractivity contribution in [2.75, 3.05) is 24.7 Å². The minimum atomic E-state index is -1.29. The molecule has 50 heavy (non-hydrogen) atoms. The summed E-state index contributed by atoms with van der Waals surface area (Å²) in [7, 11) is -2.55. The van der Waals surface area contributed by atoms with Crippen LogP contribution in [-0.2, 0) is 33.1 Å². The van der Waals surface area contributed by atoms with Gasteiger partial charge in [0.2, 0.25) is 5.91 Å². The van der Waals surface area contributed by atoms with E-state index in [1.54, 1.807) is 0 Å². The molecular weight excluding hydrogens is 655 g/mol. The Balaban J connectivity index is 1.48. The molecule has 0 saturated carbocycles. The molecule has 0 radical (unpaired) electrons.